The van der Waals surface area contributed by atoms with Gasteiger partial charge in [-0.2, -0.15) is 0 Å². The maximum atomic E-state index is 5.96. The van der Waals surface area contributed by atoms with Gasteiger partial charge >= 0.3 is 0 Å². The van der Waals surface area contributed by atoms with Crippen molar-refractivity contribution in [3.63, 3.8) is 0 Å². The van der Waals surface area contributed by atoms with E-state index in [9.17, 15) is 0 Å². The highest BCUT2D eigenvalue weighted by Crippen LogP contribution is 2.37. The predicted molar refractivity (Wildman–Crippen MR) is 84.1 cm³/mol. The lowest BCUT2D eigenvalue weighted by molar-refractivity contribution is 0.128. The van der Waals surface area contributed by atoms with Crippen molar-refractivity contribution in [2.45, 2.75) is 58.1 Å². The van der Waals surface area contributed by atoms with Crippen molar-refractivity contribution in [3.05, 3.63) is 11.9 Å². The minimum atomic E-state index is 0.441. The van der Waals surface area contributed by atoms with Gasteiger partial charge in [0.1, 0.15) is 18.2 Å². The average Bonchev–Trinajstić information content (AvgIpc) is 3.14. The lowest BCUT2D eigenvalue weighted by Gasteiger charge is -2.30. The SMILES string of the molecule is CCOCc1nc(N)cc(N2CCCC2C2CCCC2)n1. The topological polar surface area (TPSA) is 64.3 Å². The molecular formula is C16H26N4O. The fraction of sp³-hybridized carbons (Fsp3) is 0.750. The summed E-state index contributed by atoms with van der Waals surface area (Å²) in [7, 11) is 0. The van der Waals surface area contributed by atoms with Gasteiger partial charge in [-0.05, 0) is 38.5 Å². The van der Waals surface area contributed by atoms with Crippen molar-refractivity contribution < 1.29 is 4.74 Å². The second-order valence-electron chi connectivity index (χ2n) is 6.15. The fourth-order valence-corrected chi connectivity index (χ4v) is 3.82. The van der Waals surface area contributed by atoms with Crippen molar-refractivity contribution in [1.82, 2.24) is 9.97 Å². The summed E-state index contributed by atoms with van der Waals surface area (Å²) in [5, 5.41) is 0. The monoisotopic (exact) mass is 290 g/mol. The number of aromatic nitrogens is 2. The molecule has 1 saturated carbocycles. The maximum Gasteiger partial charge on any atom is 0.158 e. The zero-order valence-electron chi connectivity index (χ0n) is 12.9. The van der Waals surface area contributed by atoms with Crippen LogP contribution in [0.5, 0.6) is 0 Å². The molecule has 1 unspecified atom stereocenters. The molecule has 1 aliphatic heterocycles. The molecule has 2 N–H and O–H groups in total. The van der Waals surface area contributed by atoms with Crippen molar-refractivity contribution in [2.24, 2.45) is 5.92 Å². The molecule has 2 heterocycles. The third kappa shape index (κ3) is 3.28. The molecule has 1 atom stereocenters. The molecule has 0 radical (unpaired) electrons. The number of anilines is 2. The second-order valence-corrected chi connectivity index (χ2v) is 6.15. The highest BCUT2D eigenvalue weighted by atomic mass is 16.5. The molecule has 21 heavy (non-hydrogen) atoms. The van der Waals surface area contributed by atoms with E-state index in [0.717, 1.165) is 18.3 Å². The summed E-state index contributed by atoms with van der Waals surface area (Å²) in [5.74, 6) is 3.07. The Labute approximate surface area is 126 Å². The quantitative estimate of drug-likeness (QED) is 0.903. The summed E-state index contributed by atoms with van der Waals surface area (Å²) in [5.41, 5.74) is 5.96. The van der Waals surface area contributed by atoms with E-state index in [1.165, 1.54) is 38.5 Å². The van der Waals surface area contributed by atoms with E-state index < -0.39 is 0 Å². The smallest absolute Gasteiger partial charge is 0.158 e. The number of hydrogen-bond acceptors (Lipinski definition) is 5. The minimum absolute atomic E-state index is 0.441. The standard InChI is InChI=1S/C16H26N4O/c1-2-21-11-15-18-14(17)10-16(19-15)20-9-5-8-13(20)12-6-3-4-7-12/h10,12-13H,2-9,11H2,1H3,(H2,17,18,19). The van der Waals surface area contributed by atoms with Crippen molar-refractivity contribution in [3.8, 4) is 0 Å². The zero-order chi connectivity index (χ0) is 14.7. The van der Waals surface area contributed by atoms with Crippen LogP contribution in [-0.4, -0.2) is 29.2 Å². The van der Waals surface area contributed by atoms with Gasteiger partial charge in [0.25, 0.3) is 0 Å². The van der Waals surface area contributed by atoms with Gasteiger partial charge in [0.2, 0.25) is 0 Å². The minimum Gasteiger partial charge on any atom is -0.384 e. The number of hydrogen-bond donors (Lipinski definition) is 1. The number of ether oxygens (including phenoxy) is 1. The van der Waals surface area contributed by atoms with E-state index in [0.29, 0.717) is 30.9 Å². The highest BCUT2D eigenvalue weighted by molar-refractivity contribution is 5.48. The molecule has 1 saturated heterocycles. The molecule has 1 aromatic heterocycles. The second kappa shape index (κ2) is 6.60. The van der Waals surface area contributed by atoms with Gasteiger partial charge in [-0.3, -0.25) is 0 Å². The molecule has 0 bridgehead atoms. The maximum absolute atomic E-state index is 5.96. The molecule has 0 spiro atoms. The molecule has 0 amide bonds. The summed E-state index contributed by atoms with van der Waals surface area (Å²) >= 11 is 0. The summed E-state index contributed by atoms with van der Waals surface area (Å²) in [6.45, 7) is 4.17. The third-order valence-corrected chi connectivity index (χ3v) is 4.75. The predicted octanol–water partition coefficient (Wildman–Crippen LogP) is 2.75. The first-order valence-electron chi connectivity index (χ1n) is 8.25. The highest BCUT2D eigenvalue weighted by Gasteiger charge is 2.34. The summed E-state index contributed by atoms with van der Waals surface area (Å²) in [4.78, 5) is 11.4. The Morgan fingerprint density at radius 1 is 1.24 bits per heavy atom. The molecule has 2 aliphatic rings. The van der Waals surface area contributed by atoms with Gasteiger partial charge in [0.05, 0.1) is 0 Å². The van der Waals surface area contributed by atoms with Crippen LogP contribution >= 0.6 is 0 Å². The number of rotatable bonds is 5. The Morgan fingerprint density at radius 2 is 2.05 bits per heavy atom. The van der Waals surface area contributed by atoms with Gasteiger partial charge in [-0.15, -0.1) is 0 Å². The van der Waals surface area contributed by atoms with Crippen LogP contribution in [0.2, 0.25) is 0 Å². The van der Waals surface area contributed by atoms with E-state index in [2.05, 4.69) is 14.9 Å². The Hall–Kier alpha value is -1.36. The Morgan fingerprint density at radius 3 is 2.81 bits per heavy atom. The zero-order valence-corrected chi connectivity index (χ0v) is 12.9. The van der Waals surface area contributed by atoms with Crippen LogP contribution in [0.15, 0.2) is 6.07 Å². The Kier molecular flexibility index (Phi) is 4.58. The number of nitrogen functional groups attached to an aromatic ring is 1. The molecule has 116 valence electrons. The molecular weight excluding hydrogens is 264 g/mol. The van der Waals surface area contributed by atoms with Crippen LogP contribution in [0.4, 0.5) is 11.6 Å². The van der Waals surface area contributed by atoms with Crippen LogP contribution in [0.1, 0.15) is 51.3 Å². The molecule has 0 aromatic carbocycles. The van der Waals surface area contributed by atoms with Gasteiger partial charge in [0, 0.05) is 25.3 Å². The van der Waals surface area contributed by atoms with Gasteiger partial charge in [-0.25, -0.2) is 9.97 Å². The van der Waals surface area contributed by atoms with Crippen molar-refractivity contribution >= 4 is 11.6 Å². The van der Waals surface area contributed by atoms with Crippen LogP contribution in [0.25, 0.3) is 0 Å². The molecule has 2 fully saturated rings. The Bertz CT molecular complexity index is 473. The average molecular weight is 290 g/mol. The largest absolute Gasteiger partial charge is 0.384 e. The molecule has 5 nitrogen and oxygen atoms in total. The van der Waals surface area contributed by atoms with Gasteiger partial charge in [0.15, 0.2) is 5.82 Å². The molecule has 1 aromatic rings. The van der Waals surface area contributed by atoms with Crippen LogP contribution in [0.3, 0.4) is 0 Å². The third-order valence-electron chi connectivity index (χ3n) is 4.75. The number of nitrogens with two attached hydrogens (primary N) is 1. The summed E-state index contributed by atoms with van der Waals surface area (Å²) < 4.78 is 5.42. The van der Waals surface area contributed by atoms with E-state index >= 15 is 0 Å². The Balaban J connectivity index is 1.79. The van der Waals surface area contributed by atoms with E-state index in [4.69, 9.17) is 10.5 Å². The lowest BCUT2D eigenvalue weighted by Crippen LogP contribution is -2.35. The van der Waals surface area contributed by atoms with Gasteiger partial charge in [-0.1, -0.05) is 12.8 Å². The first-order chi connectivity index (χ1) is 10.3. The fourth-order valence-electron chi connectivity index (χ4n) is 3.82. The number of nitrogens with zero attached hydrogens (tertiary/aromatic N) is 3. The first kappa shape index (κ1) is 14.6. The van der Waals surface area contributed by atoms with Crippen LogP contribution < -0.4 is 10.6 Å². The molecule has 1 aliphatic carbocycles. The lowest BCUT2D eigenvalue weighted by atomic mass is 9.96. The van der Waals surface area contributed by atoms with Crippen LogP contribution in [-0.2, 0) is 11.3 Å². The summed E-state index contributed by atoms with van der Waals surface area (Å²) in [6.07, 6.45) is 8.05. The molecule has 3 rings (SSSR count). The van der Waals surface area contributed by atoms with Gasteiger partial charge < -0.3 is 15.4 Å². The van der Waals surface area contributed by atoms with Crippen LogP contribution in [0, 0.1) is 5.92 Å². The van der Waals surface area contributed by atoms with Crippen molar-refractivity contribution in [2.75, 3.05) is 23.8 Å². The normalized spacial score (nSPS) is 23.1. The molecule has 5 heteroatoms. The van der Waals surface area contributed by atoms with E-state index in [1.807, 2.05) is 13.0 Å². The van der Waals surface area contributed by atoms with E-state index in [1.54, 1.807) is 0 Å². The van der Waals surface area contributed by atoms with Crippen molar-refractivity contribution in [1.29, 1.82) is 0 Å². The summed E-state index contributed by atoms with van der Waals surface area (Å²) in [6, 6.07) is 2.56. The first-order valence-corrected chi connectivity index (χ1v) is 8.25. The van der Waals surface area contributed by atoms with E-state index in [-0.39, 0.29) is 0 Å².